The largest absolute Gasteiger partial charge is 0.493 e. The van der Waals surface area contributed by atoms with Gasteiger partial charge in [-0.1, -0.05) is 24.3 Å². The van der Waals surface area contributed by atoms with Gasteiger partial charge in [-0.2, -0.15) is 0 Å². The van der Waals surface area contributed by atoms with Gasteiger partial charge in [0.2, 0.25) is 5.91 Å². The van der Waals surface area contributed by atoms with E-state index in [1.807, 2.05) is 0 Å². The molecule has 34 heavy (non-hydrogen) atoms. The van der Waals surface area contributed by atoms with E-state index in [2.05, 4.69) is 37.4 Å². The summed E-state index contributed by atoms with van der Waals surface area (Å²) < 4.78 is 16.6. The molecule has 7 heteroatoms. The molecule has 2 aromatic rings. The van der Waals surface area contributed by atoms with Crippen LogP contribution in [0.3, 0.4) is 0 Å². The number of carbonyl (C=O) groups excluding carboxylic acids is 2. The predicted molar refractivity (Wildman–Crippen MR) is 133 cm³/mol. The Kier molecular flexibility index (Phi) is 9.93. The highest BCUT2D eigenvalue weighted by Gasteiger charge is 2.27. The molecule has 0 radical (unpaired) electrons. The smallest absolute Gasteiger partial charge is 0.313 e. The number of ether oxygens (including phenoxy) is 3. The lowest BCUT2D eigenvalue weighted by Gasteiger charge is -2.24. The number of hydrogen-bond donors (Lipinski definition) is 2. The Balaban J connectivity index is 2.09. The van der Waals surface area contributed by atoms with Crippen LogP contribution in [0.2, 0.25) is 0 Å². The van der Waals surface area contributed by atoms with E-state index in [1.165, 1.54) is 11.1 Å². The van der Waals surface area contributed by atoms with Gasteiger partial charge >= 0.3 is 5.97 Å². The Morgan fingerprint density at radius 1 is 1.00 bits per heavy atom. The van der Waals surface area contributed by atoms with E-state index in [0.717, 1.165) is 11.1 Å². The van der Waals surface area contributed by atoms with E-state index in [9.17, 15) is 9.59 Å². The van der Waals surface area contributed by atoms with Crippen LogP contribution in [0.25, 0.3) is 0 Å². The molecule has 0 saturated heterocycles. The molecule has 0 aliphatic rings. The molecule has 2 rings (SSSR count). The van der Waals surface area contributed by atoms with Crippen molar-refractivity contribution in [2.75, 3.05) is 20.3 Å². The normalized spacial score (nSPS) is 12.1. The average molecular weight is 471 g/mol. The van der Waals surface area contributed by atoms with E-state index >= 15 is 0 Å². The summed E-state index contributed by atoms with van der Waals surface area (Å²) in [6.07, 6.45) is 0.533. The zero-order valence-electron chi connectivity index (χ0n) is 21.2. The maximum absolute atomic E-state index is 12.8. The fourth-order valence-corrected chi connectivity index (χ4v) is 3.25. The van der Waals surface area contributed by atoms with Crippen LogP contribution < -0.4 is 20.5 Å². The Labute approximate surface area is 203 Å². The van der Waals surface area contributed by atoms with E-state index in [-0.39, 0.29) is 18.3 Å². The van der Waals surface area contributed by atoms with Gasteiger partial charge in [-0.05, 0) is 75.4 Å². The van der Waals surface area contributed by atoms with Gasteiger partial charge in [0.15, 0.2) is 17.7 Å². The van der Waals surface area contributed by atoms with Crippen LogP contribution in [0.5, 0.6) is 11.5 Å². The summed E-state index contributed by atoms with van der Waals surface area (Å²) in [6, 6.07) is 11.6. The van der Waals surface area contributed by atoms with Gasteiger partial charge in [0.25, 0.3) is 0 Å². The highest BCUT2D eigenvalue weighted by molar-refractivity contribution is 5.80. The number of rotatable bonds is 11. The first-order chi connectivity index (χ1) is 16.0. The second-order valence-corrected chi connectivity index (χ2v) is 9.47. The molecule has 3 N–H and O–H groups in total. The van der Waals surface area contributed by atoms with E-state index in [4.69, 9.17) is 19.9 Å². The predicted octanol–water partition coefficient (Wildman–Crippen LogP) is 3.86. The van der Waals surface area contributed by atoms with Gasteiger partial charge in [0.1, 0.15) is 6.61 Å². The molecule has 186 valence electrons. The molecule has 0 bridgehead atoms. The second kappa shape index (κ2) is 12.4. The van der Waals surface area contributed by atoms with Crippen LogP contribution in [0.1, 0.15) is 49.4 Å². The van der Waals surface area contributed by atoms with Crippen LogP contribution in [0.15, 0.2) is 36.4 Å². The van der Waals surface area contributed by atoms with Crippen molar-refractivity contribution in [1.82, 2.24) is 5.32 Å². The fraction of sp³-hybridized carbons (Fsp3) is 0.481. The lowest BCUT2D eigenvalue weighted by atomic mass is 9.97. The quantitative estimate of drug-likeness (QED) is 0.382. The van der Waals surface area contributed by atoms with Gasteiger partial charge in [-0.3, -0.25) is 9.59 Å². The van der Waals surface area contributed by atoms with Crippen molar-refractivity contribution < 1.29 is 23.8 Å². The fourth-order valence-electron chi connectivity index (χ4n) is 3.25. The summed E-state index contributed by atoms with van der Waals surface area (Å²) in [7, 11) is 1.54. The molecule has 1 atom stereocenters. The molecule has 7 nitrogen and oxygen atoms in total. The highest BCUT2D eigenvalue weighted by atomic mass is 16.6. The van der Waals surface area contributed by atoms with Crippen LogP contribution >= 0.6 is 0 Å². The van der Waals surface area contributed by atoms with Crippen molar-refractivity contribution >= 4 is 11.9 Å². The molecule has 0 heterocycles. The van der Waals surface area contributed by atoms with E-state index in [1.54, 1.807) is 46.1 Å². The van der Waals surface area contributed by atoms with Crippen molar-refractivity contribution in [1.29, 1.82) is 0 Å². The zero-order valence-corrected chi connectivity index (χ0v) is 21.2. The molecule has 2 aromatic carbocycles. The lowest BCUT2D eigenvalue weighted by molar-refractivity contribution is -0.161. The second-order valence-electron chi connectivity index (χ2n) is 9.47. The van der Waals surface area contributed by atoms with Crippen molar-refractivity contribution in [3.05, 3.63) is 58.7 Å². The minimum Gasteiger partial charge on any atom is -0.493 e. The summed E-state index contributed by atoms with van der Waals surface area (Å²) >= 11 is 0. The van der Waals surface area contributed by atoms with E-state index < -0.39 is 11.6 Å². The Morgan fingerprint density at radius 2 is 1.71 bits per heavy atom. The SMILES string of the molecule is COc1cc(CC(=O)NC(CCc2ccc(C)c(C)c2)OC(=O)C(C)(C)C)ccc1OCCN. The number of esters is 1. The third-order valence-electron chi connectivity index (χ3n) is 5.42. The van der Waals surface area contributed by atoms with Crippen molar-refractivity contribution in [2.24, 2.45) is 11.1 Å². The highest BCUT2D eigenvalue weighted by Crippen LogP contribution is 2.28. The number of nitrogens with two attached hydrogens (primary N) is 1. The minimum atomic E-state index is -0.727. The van der Waals surface area contributed by atoms with Gasteiger partial charge < -0.3 is 25.3 Å². The first-order valence-corrected chi connectivity index (χ1v) is 11.6. The van der Waals surface area contributed by atoms with Crippen molar-refractivity contribution in [3.63, 3.8) is 0 Å². The molecule has 1 amide bonds. The number of carbonyl (C=O) groups is 2. The first-order valence-electron chi connectivity index (χ1n) is 11.6. The average Bonchev–Trinajstić information content (AvgIpc) is 2.77. The van der Waals surface area contributed by atoms with Crippen molar-refractivity contribution in [3.8, 4) is 11.5 Å². The van der Waals surface area contributed by atoms with Gasteiger partial charge in [-0.25, -0.2) is 0 Å². The van der Waals surface area contributed by atoms with Gasteiger partial charge in [0.05, 0.1) is 18.9 Å². The summed E-state index contributed by atoms with van der Waals surface area (Å²) in [5.74, 6) is 0.497. The van der Waals surface area contributed by atoms with Crippen LogP contribution in [0, 0.1) is 19.3 Å². The number of aryl methyl sites for hydroxylation is 3. The molecule has 0 aliphatic carbocycles. The molecule has 1 unspecified atom stereocenters. The van der Waals surface area contributed by atoms with Crippen LogP contribution in [-0.4, -0.2) is 38.4 Å². The molecular formula is C27H38N2O5. The number of methoxy groups -OCH3 is 1. The summed E-state index contributed by atoms with van der Waals surface area (Å²) in [4.78, 5) is 25.3. The van der Waals surface area contributed by atoms with Crippen molar-refractivity contribution in [2.45, 2.75) is 60.1 Å². The van der Waals surface area contributed by atoms with Gasteiger partial charge in [-0.15, -0.1) is 0 Å². The minimum absolute atomic E-state index is 0.112. The number of amides is 1. The zero-order chi connectivity index (χ0) is 25.3. The molecule has 0 aliphatic heterocycles. The third kappa shape index (κ3) is 8.37. The third-order valence-corrected chi connectivity index (χ3v) is 5.42. The monoisotopic (exact) mass is 470 g/mol. The number of hydrogen-bond acceptors (Lipinski definition) is 6. The Morgan fingerprint density at radius 3 is 2.32 bits per heavy atom. The van der Waals surface area contributed by atoms with Crippen LogP contribution in [0.4, 0.5) is 0 Å². The number of nitrogens with one attached hydrogen (secondary N) is 1. The molecule has 0 saturated carbocycles. The Hall–Kier alpha value is -3.06. The molecule has 0 fully saturated rings. The number of benzene rings is 2. The van der Waals surface area contributed by atoms with E-state index in [0.29, 0.717) is 37.5 Å². The lowest BCUT2D eigenvalue weighted by Crippen LogP contribution is -2.41. The van der Waals surface area contributed by atoms with Crippen LogP contribution in [-0.2, 0) is 27.2 Å². The summed E-state index contributed by atoms with van der Waals surface area (Å²) in [5, 5.41) is 2.88. The Bertz CT molecular complexity index is 981. The molecule has 0 aromatic heterocycles. The van der Waals surface area contributed by atoms with Gasteiger partial charge in [0, 0.05) is 13.0 Å². The maximum Gasteiger partial charge on any atom is 0.313 e. The standard InChI is InChI=1S/C27H38N2O5/c1-18-7-8-20(15-19(18)2)10-12-25(34-26(31)27(3,4)5)29-24(30)17-21-9-11-22(33-14-13-28)23(16-21)32-6/h7-9,11,15-16,25H,10,12-14,17,28H2,1-6H3,(H,29,30). The maximum atomic E-state index is 12.8. The molecular weight excluding hydrogens is 432 g/mol. The first kappa shape index (κ1) is 27.2. The summed E-state index contributed by atoms with van der Waals surface area (Å²) in [6.45, 7) is 10.3. The topological polar surface area (TPSA) is 99.9 Å². The summed E-state index contributed by atoms with van der Waals surface area (Å²) in [5.41, 5.74) is 9.14. The molecule has 0 spiro atoms.